The molecule has 0 bridgehead atoms. The van der Waals surface area contributed by atoms with Crippen molar-refractivity contribution >= 4 is 0 Å². The van der Waals surface area contributed by atoms with E-state index in [1.165, 1.54) is 18.5 Å². The largest absolute Gasteiger partial charge is 0.380 e. The fraction of sp³-hybridized carbons (Fsp3) is 0.167. The van der Waals surface area contributed by atoms with Gasteiger partial charge >= 0.3 is 0 Å². The van der Waals surface area contributed by atoms with Crippen LogP contribution in [0.4, 0.5) is 8.78 Å². The van der Waals surface area contributed by atoms with Crippen molar-refractivity contribution in [1.82, 2.24) is 9.97 Å². The average Bonchev–Trinajstić information content (AvgIpc) is 2.29. The number of aliphatic hydroxyl groups excluding tert-OH is 1. The lowest BCUT2D eigenvalue weighted by atomic mass is 10.1. The van der Waals surface area contributed by atoms with E-state index in [4.69, 9.17) is 0 Å². The topological polar surface area (TPSA) is 46.0 Å². The number of aromatic nitrogens is 2. The minimum atomic E-state index is -1.50. The number of benzene rings is 1. The van der Waals surface area contributed by atoms with Crippen LogP contribution in [0.1, 0.15) is 23.1 Å². The predicted octanol–water partition coefficient (Wildman–Crippen LogP) is 2.14. The Morgan fingerprint density at radius 1 is 1.12 bits per heavy atom. The van der Waals surface area contributed by atoms with Gasteiger partial charge in [0.1, 0.15) is 17.7 Å². The van der Waals surface area contributed by atoms with E-state index in [0.29, 0.717) is 0 Å². The molecule has 0 spiro atoms. The highest BCUT2D eigenvalue weighted by Crippen LogP contribution is 2.24. The fourth-order valence-corrected chi connectivity index (χ4v) is 1.44. The van der Waals surface area contributed by atoms with Gasteiger partial charge in [-0.05, 0) is 24.6 Å². The molecule has 0 fully saturated rings. The normalized spacial score (nSPS) is 12.5. The second-order valence-corrected chi connectivity index (χ2v) is 3.66. The van der Waals surface area contributed by atoms with Crippen molar-refractivity contribution in [3.05, 3.63) is 59.2 Å². The number of rotatable bonds is 2. The van der Waals surface area contributed by atoms with Gasteiger partial charge in [-0.2, -0.15) is 0 Å². The molecule has 0 aliphatic carbocycles. The third-order valence-electron chi connectivity index (χ3n) is 2.32. The zero-order chi connectivity index (χ0) is 12.4. The van der Waals surface area contributed by atoms with Crippen molar-refractivity contribution in [3.8, 4) is 0 Å². The lowest BCUT2D eigenvalue weighted by molar-refractivity contribution is 0.199. The Hall–Kier alpha value is -1.88. The molecular formula is C12H10F2N2O. The number of nitrogens with zero attached hydrogens (tertiary/aromatic N) is 2. The first-order valence-corrected chi connectivity index (χ1v) is 5.00. The molecule has 0 aliphatic rings. The summed E-state index contributed by atoms with van der Waals surface area (Å²) in [7, 11) is 0. The SMILES string of the molecule is Cc1cnc(C(O)c2c(F)cccc2F)nc1. The van der Waals surface area contributed by atoms with E-state index in [0.717, 1.165) is 17.7 Å². The third kappa shape index (κ3) is 2.29. The van der Waals surface area contributed by atoms with Crippen molar-refractivity contribution in [2.24, 2.45) is 0 Å². The molecule has 1 unspecified atom stereocenters. The number of aliphatic hydroxyl groups is 1. The highest BCUT2D eigenvalue weighted by atomic mass is 19.1. The highest BCUT2D eigenvalue weighted by molar-refractivity contribution is 5.26. The van der Waals surface area contributed by atoms with Crippen LogP contribution in [0.5, 0.6) is 0 Å². The summed E-state index contributed by atoms with van der Waals surface area (Å²) in [6, 6.07) is 3.39. The van der Waals surface area contributed by atoms with Crippen LogP contribution in [0.25, 0.3) is 0 Å². The smallest absolute Gasteiger partial charge is 0.161 e. The molecule has 1 aromatic carbocycles. The third-order valence-corrected chi connectivity index (χ3v) is 2.32. The number of aryl methyl sites for hydroxylation is 1. The molecule has 1 N–H and O–H groups in total. The predicted molar refractivity (Wildman–Crippen MR) is 57.2 cm³/mol. The molecule has 0 saturated carbocycles. The van der Waals surface area contributed by atoms with Gasteiger partial charge in [0.05, 0.1) is 5.56 Å². The molecule has 0 saturated heterocycles. The van der Waals surface area contributed by atoms with E-state index in [1.54, 1.807) is 6.92 Å². The van der Waals surface area contributed by atoms with Gasteiger partial charge in [-0.1, -0.05) is 6.07 Å². The quantitative estimate of drug-likeness (QED) is 0.868. The Bertz CT molecular complexity index is 508. The summed E-state index contributed by atoms with van der Waals surface area (Å²) in [6.07, 6.45) is 1.45. The summed E-state index contributed by atoms with van der Waals surface area (Å²) in [6.45, 7) is 1.78. The lowest BCUT2D eigenvalue weighted by Crippen LogP contribution is -2.09. The molecule has 3 nitrogen and oxygen atoms in total. The Morgan fingerprint density at radius 2 is 1.65 bits per heavy atom. The zero-order valence-electron chi connectivity index (χ0n) is 9.06. The highest BCUT2D eigenvalue weighted by Gasteiger charge is 2.21. The maximum absolute atomic E-state index is 13.4. The fourth-order valence-electron chi connectivity index (χ4n) is 1.44. The van der Waals surface area contributed by atoms with Gasteiger partial charge in [-0.25, -0.2) is 18.7 Å². The Kier molecular flexibility index (Phi) is 3.10. The van der Waals surface area contributed by atoms with Crippen LogP contribution in [0.3, 0.4) is 0 Å². The van der Waals surface area contributed by atoms with Crippen LogP contribution < -0.4 is 0 Å². The molecule has 0 aliphatic heterocycles. The Morgan fingerprint density at radius 3 is 2.18 bits per heavy atom. The molecular weight excluding hydrogens is 226 g/mol. The van der Waals surface area contributed by atoms with Crippen molar-refractivity contribution < 1.29 is 13.9 Å². The second-order valence-electron chi connectivity index (χ2n) is 3.66. The summed E-state index contributed by atoms with van der Waals surface area (Å²) in [5.41, 5.74) is 0.367. The summed E-state index contributed by atoms with van der Waals surface area (Å²) >= 11 is 0. The van der Waals surface area contributed by atoms with Gasteiger partial charge in [0.2, 0.25) is 0 Å². The molecule has 0 radical (unpaired) electrons. The van der Waals surface area contributed by atoms with Crippen LogP contribution in [0, 0.1) is 18.6 Å². The lowest BCUT2D eigenvalue weighted by Gasteiger charge is -2.11. The number of halogens is 2. The zero-order valence-corrected chi connectivity index (χ0v) is 9.06. The van der Waals surface area contributed by atoms with Crippen molar-refractivity contribution in [2.75, 3.05) is 0 Å². The van der Waals surface area contributed by atoms with Gasteiger partial charge in [0, 0.05) is 12.4 Å². The molecule has 17 heavy (non-hydrogen) atoms. The van der Waals surface area contributed by atoms with E-state index in [2.05, 4.69) is 9.97 Å². The van der Waals surface area contributed by atoms with Crippen LogP contribution in [0.2, 0.25) is 0 Å². The molecule has 88 valence electrons. The van der Waals surface area contributed by atoms with E-state index in [1.807, 2.05) is 0 Å². The molecule has 2 aromatic rings. The van der Waals surface area contributed by atoms with Gasteiger partial charge in [-0.3, -0.25) is 0 Å². The summed E-state index contributed by atoms with van der Waals surface area (Å²) < 4.78 is 26.8. The summed E-state index contributed by atoms with van der Waals surface area (Å²) in [5, 5.41) is 9.84. The average molecular weight is 236 g/mol. The van der Waals surface area contributed by atoms with Gasteiger partial charge in [-0.15, -0.1) is 0 Å². The van der Waals surface area contributed by atoms with Gasteiger partial charge < -0.3 is 5.11 Å². The first kappa shape index (κ1) is 11.6. The molecule has 1 heterocycles. The maximum atomic E-state index is 13.4. The Balaban J connectivity index is 2.43. The van der Waals surface area contributed by atoms with E-state index in [9.17, 15) is 13.9 Å². The number of hydrogen-bond acceptors (Lipinski definition) is 3. The minimum Gasteiger partial charge on any atom is -0.380 e. The standard InChI is InChI=1S/C12H10F2N2O/c1-7-5-15-12(16-6-7)11(17)10-8(13)3-2-4-9(10)14/h2-6,11,17H,1H3. The molecule has 1 aromatic heterocycles. The summed E-state index contributed by atoms with van der Waals surface area (Å²) in [5.74, 6) is -1.66. The second kappa shape index (κ2) is 4.55. The van der Waals surface area contributed by atoms with Gasteiger partial charge in [0.25, 0.3) is 0 Å². The van der Waals surface area contributed by atoms with Crippen molar-refractivity contribution in [2.45, 2.75) is 13.0 Å². The molecule has 1 atom stereocenters. The first-order valence-electron chi connectivity index (χ1n) is 5.00. The van der Waals surface area contributed by atoms with Crippen LogP contribution in [0.15, 0.2) is 30.6 Å². The minimum absolute atomic E-state index is 0.0281. The van der Waals surface area contributed by atoms with E-state index >= 15 is 0 Å². The van der Waals surface area contributed by atoms with E-state index in [-0.39, 0.29) is 5.82 Å². The molecule has 2 rings (SSSR count). The van der Waals surface area contributed by atoms with E-state index < -0.39 is 23.3 Å². The first-order chi connectivity index (χ1) is 8.09. The van der Waals surface area contributed by atoms with Crippen LogP contribution in [-0.4, -0.2) is 15.1 Å². The van der Waals surface area contributed by atoms with Crippen molar-refractivity contribution in [1.29, 1.82) is 0 Å². The van der Waals surface area contributed by atoms with Crippen molar-refractivity contribution in [3.63, 3.8) is 0 Å². The van der Waals surface area contributed by atoms with Crippen LogP contribution >= 0.6 is 0 Å². The van der Waals surface area contributed by atoms with Gasteiger partial charge in [0.15, 0.2) is 5.82 Å². The number of hydrogen-bond donors (Lipinski definition) is 1. The molecule has 0 amide bonds. The maximum Gasteiger partial charge on any atom is 0.161 e. The summed E-state index contributed by atoms with van der Waals surface area (Å²) in [4.78, 5) is 7.68. The molecule has 5 heteroatoms. The Labute approximate surface area is 96.8 Å². The monoisotopic (exact) mass is 236 g/mol. The van der Waals surface area contributed by atoms with Crippen LogP contribution in [-0.2, 0) is 0 Å².